The smallest absolute Gasteiger partial charge is 0.410 e. The Bertz CT molecular complexity index is 566. The molecule has 1 aromatic rings. The molecule has 1 aromatic carbocycles. The van der Waals surface area contributed by atoms with Crippen molar-refractivity contribution in [2.45, 2.75) is 50.5 Å². The predicted molar refractivity (Wildman–Crippen MR) is 92.4 cm³/mol. The van der Waals surface area contributed by atoms with Crippen molar-refractivity contribution in [3.05, 3.63) is 35.9 Å². The number of carbonyl (C=O) groups excluding carboxylic acids is 1. The highest BCUT2D eigenvalue weighted by molar-refractivity contribution is 5.69. The molecule has 0 aromatic heterocycles. The van der Waals surface area contributed by atoms with Crippen LogP contribution in [0.1, 0.15) is 24.8 Å². The fourth-order valence-electron chi connectivity index (χ4n) is 3.40. The highest BCUT2D eigenvalue weighted by Crippen LogP contribution is 2.26. The molecule has 6 nitrogen and oxygen atoms in total. The lowest BCUT2D eigenvalue weighted by molar-refractivity contribution is -0.173. The number of hydrogen-bond donors (Lipinski definition) is 0. The van der Waals surface area contributed by atoms with Gasteiger partial charge in [0.2, 0.25) is 0 Å². The lowest BCUT2D eigenvalue weighted by atomic mass is 10.1. The molecule has 2 aliphatic rings. The van der Waals surface area contributed by atoms with E-state index in [1.54, 1.807) is 0 Å². The molecule has 4 atom stereocenters. The molecule has 0 saturated carbocycles. The Balaban J connectivity index is 1.58. The number of carbonyl (C=O) groups is 1. The van der Waals surface area contributed by atoms with E-state index in [0.717, 1.165) is 24.8 Å². The SMILES string of the molecule is CO[C@H]1[C@H](F)CN(C(=O)OCc2ccccc2)[C@H]1COC1CCCCO1. The van der Waals surface area contributed by atoms with Crippen LogP contribution in [0, 0.1) is 0 Å². The third-order valence-electron chi connectivity index (χ3n) is 4.81. The van der Waals surface area contributed by atoms with E-state index in [1.807, 2.05) is 30.3 Å². The Labute approximate surface area is 153 Å². The number of benzene rings is 1. The van der Waals surface area contributed by atoms with Crippen molar-refractivity contribution in [1.29, 1.82) is 0 Å². The van der Waals surface area contributed by atoms with E-state index >= 15 is 0 Å². The van der Waals surface area contributed by atoms with Crippen LogP contribution in [-0.2, 0) is 25.6 Å². The van der Waals surface area contributed by atoms with Crippen molar-refractivity contribution in [3.8, 4) is 0 Å². The number of alkyl halides is 1. The number of halogens is 1. The van der Waals surface area contributed by atoms with Gasteiger partial charge >= 0.3 is 6.09 Å². The standard InChI is InChI=1S/C19H26FNO5/c1-23-18-15(20)11-21(16(18)13-25-17-9-5-6-10-24-17)19(22)26-12-14-7-3-2-4-8-14/h2-4,7-8,15-18H,5-6,9-13H2,1H3/t15-,16+,17?,18+/m1/s1. The fourth-order valence-corrected chi connectivity index (χ4v) is 3.40. The number of hydrogen-bond acceptors (Lipinski definition) is 5. The first-order chi connectivity index (χ1) is 12.7. The maximum absolute atomic E-state index is 14.3. The van der Waals surface area contributed by atoms with Gasteiger partial charge in [-0.15, -0.1) is 0 Å². The summed E-state index contributed by atoms with van der Waals surface area (Å²) in [6.07, 6.45) is -0.00198. The maximum Gasteiger partial charge on any atom is 0.410 e. The van der Waals surface area contributed by atoms with Crippen LogP contribution >= 0.6 is 0 Å². The maximum atomic E-state index is 14.3. The second-order valence-electron chi connectivity index (χ2n) is 6.61. The lowest BCUT2D eigenvalue weighted by Gasteiger charge is -2.29. The lowest BCUT2D eigenvalue weighted by Crippen LogP contribution is -2.45. The van der Waals surface area contributed by atoms with Gasteiger partial charge in [0.15, 0.2) is 6.29 Å². The molecule has 1 unspecified atom stereocenters. The number of methoxy groups -OCH3 is 1. The zero-order valence-electron chi connectivity index (χ0n) is 15.0. The number of amides is 1. The van der Waals surface area contributed by atoms with E-state index in [1.165, 1.54) is 12.0 Å². The summed E-state index contributed by atoms with van der Waals surface area (Å²) >= 11 is 0. The van der Waals surface area contributed by atoms with Gasteiger partial charge in [-0.1, -0.05) is 30.3 Å². The highest BCUT2D eigenvalue weighted by atomic mass is 19.1. The van der Waals surface area contributed by atoms with Crippen LogP contribution in [0.15, 0.2) is 30.3 Å². The monoisotopic (exact) mass is 367 g/mol. The van der Waals surface area contributed by atoms with E-state index in [-0.39, 0.29) is 26.0 Å². The molecular formula is C19H26FNO5. The second kappa shape index (κ2) is 9.30. The van der Waals surface area contributed by atoms with Crippen LogP contribution in [-0.4, -0.2) is 62.5 Å². The van der Waals surface area contributed by atoms with Crippen molar-refractivity contribution >= 4 is 6.09 Å². The molecule has 144 valence electrons. The first kappa shape index (κ1) is 19.1. The Kier molecular flexibility index (Phi) is 6.82. The van der Waals surface area contributed by atoms with Gasteiger partial charge < -0.3 is 18.9 Å². The number of rotatable bonds is 6. The van der Waals surface area contributed by atoms with Gasteiger partial charge in [-0.05, 0) is 24.8 Å². The molecule has 0 spiro atoms. The quantitative estimate of drug-likeness (QED) is 0.774. The normalized spacial score (nSPS) is 28.9. The minimum absolute atomic E-state index is 0.0638. The van der Waals surface area contributed by atoms with Gasteiger partial charge in [0.25, 0.3) is 0 Å². The van der Waals surface area contributed by atoms with E-state index in [4.69, 9.17) is 18.9 Å². The van der Waals surface area contributed by atoms with Crippen molar-refractivity contribution in [2.75, 3.05) is 26.9 Å². The van der Waals surface area contributed by atoms with Crippen LogP contribution < -0.4 is 0 Å². The predicted octanol–water partition coefficient (Wildman–Crippen LogP) is 2.90. The summed E-state index contributed by atoms with van der Waals surface area (Å²) in [5.74, 6) is 0. The van der Waals surface area contributed by atoms with Gasteiger partial charge in [-0.2, -0.15) is 0 Å². The molecular weight excluding hydrogens is 341 g/mol. The molecule has 1 amide bonds. The summed E-state index contributed by atoms with van der Waals surface area (Å²) < 4.78 is 36.3. The summed E-state index contributed by atoms with van der Waals surface area (Å²) in [7, 11) is 1.44. The van der Waals surface area contributed by atoms with E-state index < -0.39 is 24.4 Å². The van der Waals surface area contributed by atoms with Crippen molar-refractivity contribution < 1.29 is 28.1 Å². The summed E-state index contributed by atoms with van der Waals surface area (Å²) in [6, 6.07) is 8.84. The highest BCUT2D eigenvalue weighted by Gasteiger charge is 2.46. The summed E-state index contributed by atoms with van der Waals surface area (Å²) in [4.78, 5) is 13.8. The van der Waals surface area contributed by atoms with Crippen LogP contribution in [0.3, 0.4) is 0 Å². The zero-order valence-corrected chi connectivity index (χ0v) is 15.0. The average molecular weight is 367 g/mol. The molecule has 2 fully saturated rings. The van der Waals surface area contributed by atoms with Crippen molar-refractivity contribution in [2.24, 2.45) is 0 Å². The van der Waals surface area contributed by atoms with Gasteiger partial charge in [-0.25, -0.2) is 9.18 Å². The molecule has 0 aliphatic carbocycles. The van der Waals surface area contributed by atoms with Gasteiger partial charge in [0.1, 0.15) is 18.9 Å². The number of likely N-dealkylation sites (tertiary alicyclic amines) is 1. The van der Waals surface area contributed by atoms with E-state index in [0.29, 0.717) is 6.61 Å². The van der Waals surface area contributed by atoms with Gasteiger partial charge in [0, 0.05) is 13.7 Å². The first-order valence-electron chi connectivity index (χ1n) is 9.06. The van der Waals surface area contributed by atoms with Crippen LogP contribution in [0.4, 0.5) is 9.18 Å². The summed E-state index contributed by atoms with van der Waals surface area (Å²) in [6.45, 7) is 0.900. The molecule has 2 heterocycles. The fraction of sp³-hybridized carbons (Fsp3) is 0.632. The Hall–Kier alpha value is -1.70. The van der Waals surface area contributed by atoms with Crippen LogP contribution in [0.25, 0.3) is 0 Å². The van der Waals surface area contributed by atoms with Crippen LogP contribution in [0.2, 0.25) is 0 Å². The Morgan fingerprint density at radius 1 is 1.31 bits per heavy atom. The molecule has 2 aliphatic heterocycles. The molecule has 2 saturated heterocycles. The molecule has 26 heavy (non-hydrogen) atoms. The molecule has 3 rings (SSSR count). The van der Waals surface area contributed by atoms with Crippen molar-refractivity contribution in [3.63, 3.8) is 0 Å². The van der Waals surface area contributed by atoms with E-state index in [9.17, 15) is 9.18 Å². The zero-order chi connectivity index (χ0) is 18.4. The third kappa shape index (κ3) is 4.72. The summed E-state index contributed by atoms with van der Waals surface area (Å²) in [5.41, 5.74) is 0.878. The minimum Gasteiger partial charge on any atom is -0.445 e. The Morgan fingerprint density at radius 2 is 2.12 bits per heavy atom. The van der Waals surface area contributed by atoms with E-state index in [2.05, 4.69) is 0 Å². The average Bonchev–Trinajstić information content (AvgIpc) is 3.01. The third-order valence-corrected chi connectivity index (χ3v) is 4.81. The first-order valence-corrected chi connectivity index (χ1v) is 9.06. The summed E-state index contributed by atoms with van der Waals surface area (Å²) in [5, 5.41) is 0. The van der Waals surface area contributed by atoms with Gasteiger partial charge in [-0.3, -0.25) is 4.90 Å². The van der Waals surface area contributed by atoms with Gasteiger partial charge in [0.05, 0.1) is 19.2 Å². The molecule has 0 bridgehead atoms. The Morgan fingerprint density at radius 3 is 2.81 bits per heavy atom. The number of nitrogens with zero attached hydrogens (tertiary/aromatic N) is 1. The molecule has 7 heteroatoms. The molecule has 0 radical (unpaired) electrons. The minimum atomic E-state index is -1.27. The largest absolute Gasteiger partial charge is 0.445 e. The van der Waals surface area contributed by atoms with Crippen molar-refractivity contribution in [1.82, 2.24) is 4.90 Å². The molecule has 0 N–H and O–H groups in total. The topological polar surface area (TPSA) is 57.2 Å². The number of ether oxygens (including phenoxy) is 4. The van der Waals surface area contributed by atoms with Crippen LogP contribution in [0.5, 0.6) is 0 Å². The second-order valence-corrected chi connectivity index (χ2v) is 6.61.